The number of aryl methyl sites for hydroxylation is 2. The van der Waals surface area contributed by atoms with Gasteiger partial charge in [0.25, 0.3) is 0 Å². The number of hydrogen-bond acceptors (Lipinski definition) is 2. The van der Waals surface area contributed by atoms with E-state index in [4.69, 9.17) is 5.11 Å². The fourth-order valence-corrected chi connectivity index (χ4v) is 2.02. The third-order valence-corrected chi connectivity index (χ3v) is 3.00. The fourth-order valence-electron chi connectivity index (χ4n) is 2.02. The highest BCUT2D eigenvalue weighted by Gasteiger charge is 2.19. The summed E-state index contributed by atoms with van der Waals surface area (Å²) in [5, 5.41) is 14.3. The Bertz CT molecular complexity index is 478. The molecule has 1 aromatic rings. The smallest absolute Gasteiger partial charge is 0.319 e. The van der Waals surface area contributed by atoms with Gasteiger partial charge in [0, 0.05) is 11.7 Å². The number of carbonyl (C=O) groups excluding carboxylic acids is 1. The average Bonchev–Trinajstić information content (AvgIpc) is 2.25. The second-order valence-corrected chi connectivity index (χ2v) is 5.42. The van der Waals surface area contributed by atoms with Crippen LogP contribution in [0.4, 0.5) is 10.5 Å². The van der Waals surface area contributed by atoms with Gasteiger partial charge >= 0.3 is 12.0 Å². The summed E-state index contributed by atoms with van der Waals surface area (Å²) in [7, 11) is 0. The van der Waals surface area contributed by atoms with Crippen LogP contribution in [0.15, 0.2) is 18.2 Å². The summed E-state index contributed by atoms with van der Waals surface area (Å²) in [5.41, 5.74) is 2.83. The lowest BCUT2D eigenvalue weighted by Crippen LogP contribution is -2.42. The normalized spacial score (nSPS) is 12.1. The number of benzene rings is 1. The van der Waals surface area contributed by atoms with E-state index in [1.165, 1.54) is 0 Å². The molecule has 2 amide bonds. The molecule has 0 saturated heterocycles. The van der Waals surface area contributed by atoms with Crippen molar-refractivity contribution in [3.05, 3.63) is 29.3 Å². The second-order valence-electron chi connectivity index (χ2n) is 5.42. The zero-order valence-electron chi connectivity index (χ0n) is 12.4. The first-order valence-corrected chi connectivity index (χ1v) is 6.65. The third-order valence-electron chi connectivity index (χ3n) is 3.00. The van der Waals surface area contributed by atoms with Crippen LogP contribution in [0, 0.1) is 19.8 Å². The number of hydrogen-bond donors (Lipinski definition) is 3. The maximum Gasteiger partial charge on any atom is 0.319 e. The van der Waals surface area contributed by atoms with Crippen molar-refractivity contribution in [2.45, 2.75) is 40.2 Å². The van der Waals surface area contributed by atoms with Gasteiger partial charge in [0.15, 0.2) is 0 Å². The van der Waals surface area contributed by atoms with Crippen LogP contribution in [0.2, 0.25) is 0 Å². The maximum absolute atomic E-state index is 11.9. The van der Waals surface area contributed by atoms with Crippen molar-refractivity contribution in [2.24, 2.45) is 5.92 Å². The summed E-state index contributed by atoms with van der Waals surface area (Å²) in [4.78, 5) is 22.7. The minimum atomic E-state index is -0.921. The molecular weight excluding hydrogens is 256 g/mol. The van der Waals surface area contributed by atoms with Crippen LogP contribution in [-0.2, 0) is 4.79 Å². The quantitative estimate of drug-likeness (QED) is 0.775. The number of nitrogens with one attached hydrogen (secondary N) is 2. The first kappa shape index (κ1) is 16.0. The lowest BCUT2D eigenvalue weighted by Gasteiger charge is -2.21. The highest BCUT2D eigenvalue weighted by Crippen LogP contribution is 2.14. The van der Waals surface area contributed by atoms with Gasteiger partial charge in [0.1, 0.15) is 0 Å². The van der Waals surface area contributed by atoms with Gasteiger partial charge in [0.05, 0.1) is 6.42 Å². The van der Waals surface area contributed by atoms with Gasteiger partial charge in [-0.3, -0.25) is 4.79 Å². The summed E-state index contributed by atoms with van der Waals surface area (Å²) in [5.74, 6) is -0.869. The van der Waals surface area contributed by atoms with Crippen LogP contribution < -0.4 is 10.6 Å². The molecule has 0 aliphatic carbocycles. The Kier molecular flexibility index (Phi) is 5.55. The van der Waals surface area contributed by atoms with E-state index in [9.17, 15) is 9.59 Å². The molecule has 3 N–H and O–H groups in total. The molecule has 20 heavy (non-hydrogen) atoms. The van der Waals surface area contributed by atoms with E-state index in [1.807, 2.05) is 45.9 Å². The highest BCUT2D eigenvalue weighted by atomic mass is 16.4. The number of anilines is 1. The average molecular weight is 278 g/mol. The monoisotopic (exact) mass is 278 g/mol. The van der Waals surface area contributed by atoms with Crippen LogP contribution in [0.5, 0.6) is 0 Å². The van der Waals surface area contributed by atoms with Crippen molar-refractivity contribution in [1.82, 2.24) is 5.32 Å². The van der Waals surface area contributed by atoms with Crippen molar-refractivity contribution >= 4 is 17.7 Å². The van der Waals surface area contributed by atoms with Crippen molar-refractivity contribution in [2.75, 3.05) is 5.32 Å². The molecule has 0 aliphatic rings. The molecule has 110 valence electrons. The Balaban J connectivity index is 2.67. The molecule has 5 nitrogen and oxygen atoms in total. The SMILES string of the molecule is Cc1cc(C)cc(NC(=O)NC(CC(=O)O)C(C)C)c1. The molecule has 0 radical (unpaired) electrons. The molecule has 1 unspecified atom stereocenters. The van der Waals surface area contributed by atoms with Crippen molar-refractivity contribution in [3.63, 3.8) is 0 Å². The lowest BCUT2D eigenvalue weighted by atomic mass is 10.0. The van der Waals surface area contributed by atoms with E-state index in [0.717, 1.165) is 11.1 Å². The number of carbonyl (C=O) groups is 2. The fraction of sp³-hybridized carbons (Fsp3) is 0.467. The van der Waals surface area contributed by atoms with Gasteiger partial charge in [-0.25, -0.2) is 4.79 Å². The second kappa shape index (κ2) is 6.93. The van der Waals surface area contributed by atoms with Crippen LogP contribution in [-0.4, -0.2) is 23.1 Å². The molecule has 0 spiro atoms. The van der Waals surface area contributed by atoms with E-state index in [2.05, 4.69) is 10.6 Å². The summed E-state index contributed by atoms with van der Waals surface area (Å²) < 4.78 is 0. The Morgan fingerprint density at radius 3 is 2.15 bits per heavy atom. The molecule has 0 bridgehead atoms. The lowest BCUT2D eigenvalue weighted by molar-refractivity contribution is -0.137. The molecule has 1 atom stereocenters. The van der Waals surface area contributed by atoms with E-state index in [1.54, 1.807) is 0 Å². The van der Waals surface area contributed by atoms with Gasteiger partial charge < -0.3 is 15.7 Å². The molecule has 1 rings (SSSR count). The maximum atomic E-state index is 11.9. The minimum absolute atomic E-state index is 0.0519. The molecule has 5 heteroatoms. The number of carboxylic acid groups (broad SMARTS) is 1. The van der Waals surface area contributed by atoms with E-state index in [-0.39, 0.29) is 18.4 Å². The Morgan fingerprint density at radius 1 is 1.15 bits per heavy atom. The van der Waals surface area contributed by atoms with E-state index in [0.29, 0.717) is 5.69 Å². The van der Waals surface area contributed by atoms with Gasteiger partial charge in [-0.05, 0) is 43.0 Å². The molecule has 0 aliphatic heterocycles. The van der Waals surface area contributed by atoms with E-state index >= 15 is 0 Å². The Hall–Kier alpha value is -2.04. The third kappa shape index (κ3) is 5.30. The van der Waals surface area contributed by atoms with Gasteiger partial charge in [-0.15, -0.1) is 0 Å². The summed E-state index contributed by atoms with van der Waals surface area (Å²) in [6.07, 6.45) is -0.0854. The van der Waals surface area contributed by atoms with Crippen molar-refractivity contribution in [1.29, 1.82) is 0 Å². The largest absolute Gasteiger partial charge is 0.481 e. The number of amides is 2. The number of aliphatic carboxylic acids is 1. The zero-order valence-corrected chi connectivity index (χ0v) is 12.4. The topological polar surface area (TPSA) is 78.4 Å². The number of rotatable bonds is 5. The van der Waals surface area contributed by atoms with Crippen molar-refractivity contribution in [3.8, 4) is 0 Å². The van der Waals surface area contributed by atoms with E-state index < -0.39 is 12.0 Å². The zero-order chi connectivity index (χ0) is 15.3. The molecule has 0 heterocycles. The van der Waals surface area contributed by atoms with Gasteiger partial charge in [-0.1, -0.05) is 19.9 Å². The van der Waals surface area contributed by atoms with Gasteiger partial charge in [0.2, 0.25) is 0 Å². The predicted octanol–water partition coefficient (Wildman–Crippen LogP) is 2.92. The van der Waals surface area contributed by atoms with Crippen LogP contribution >= 0.6 is 0 Å². The molecule has 0 saturated carbocycles. The first-order valence-electron chi connectivity index (χ1n) is 6.65. The standard InChI is InChI=1S/C15H22N2O3/c1-9(2)13(8-14(18)19)17-15(20)16-12-6-10(3)5-11(4)7-12/h5-7,9,13H,8H2,1-4H3,(H,18,19)(H2,16,17,20). The van der Waals surface area contributed by atoms with Crippen LogP contribution in [0.1, 0.15) is 31.4 Å². The van der Waals surface area contributed by atoms with Gasteiger partial charge in [-0.2, -0.15) is 0 Å². The van der Waals surface area contributed by atoms with Crippen LogP contribution in [0.3, 0.4) is 0 Å². The molecule has 0 fully saturated rings. The highest BCUT2D eigenvalue weighted by molar-refractivity contribution is 5.90. The summed E-state index contributed by atoms with van der Waals surface area (Å²) in [6.45, 7) is 7.67. The first-order chi connectivity index (χ1) is 9.27. The summed E-state index contributed by atoms with van der Waals surface area (Å²) >= 11 is 0. The Labute approximate surface area is 119 Å². The predicted molar refractivity (Wildman–Crippen MR) is 78.9 cm³/mol. The number of carboxylic acids is 1. The summed E-state index contributed by atoms with van der Waals surface area (Å²) in [6, 6.07) is 4.99. The van der Waals surface area contributed by atoms with Crippen LogP contribution in [0.25, 0.3) is 0 Å². The Morgan fingerprint density at radius 2 is 1.70 bits per heavy atom. The molecule has 0 aromatic heterocycles. The molecular formula is C15H22N2O3. The molecule has 1 aromatic carbocycles. The number of urea groups is 1. The van der Waals surface area contributed by atoms with Crippen molar-refractivity contribution < 1.29 is 14.7 Å². The minimum Gasteiger partial charge on any atom is -0.481 e.